The summed E-state index contributed by atoms with van der Waals surface area (Å²) >= 11 is 0. The first kappa shape index (κ1) is 20.3. The van der Waals surface area contributed by atoms with Gasteiger partial charge in [-0.05, 0) is 61.0 Å². The highest BCUT2D eigenvalue weighted by Gasteiger charge is 2.16. The Morgan fingerprint density at radius 3 is 2.39 bits per heavy atom. The molecule has 0 radical (unpaired) electrons. The molecule has 0 spiro atoms. The van der Waals surface area contributed by atoms with E-state index >= 15 is 0 Å². The Labute approximate surface area is 181 Å². The molecule has 0 fully saturated rings. The molecule has 0 aliphatic rings. The van der Waals surface area contributed by atoms with Gasteiger partial charge in [0.1, 0.15) is 12.4 Å². The number of hydrogen-bond acceptors (Lipinski definition) is 4. The molecular weight excluding hydrogens is 392 g/mol. The van der Waals surface area contributed by atoms with E-state index in [1.165, 1.54) is 0 Å². The van der Waals surface area contributed by atoms with E-state index in [4.69, 9.17) is 13.9 Å². The fourth-order valence-electron chi connectivity index (χ4n) is 3.26. The van der Waals surface area contributed by atoms with Gasteiger partial charge in [0.25, 0.3) is 5.91 Å². The van der Waals surface area contributed by atoms with E-state index in [1.54, 1.807) is 19.2 Å². The molecule has 0 bridgehead atoms. The Bertz CT molecular complexity index is 1130. The molecule has 1 atom stereocenters. The van der Waals surface area contributed by atoms with Crippen LogP contribution in [0.3, 0.4) is 0 Å². The van der Waals surface area contributed by atoms with Crippen molar-refractivity contribution < 1.29 is 18.7 Å². The molecule has 0 saturated heterocycles. The molecule has 1 unspecified atom stereocenters. The molecule has 0 saturated carbocycles. The Morgan fingerprint density at radius 1 is 0.968 bits per heavy atom. The Morgan fingerprint density at radius 2 is 1.68 bits per heavy atom. The molecule has 6 nitrogen and oxygen atoms in total. The standard InChI is InChI=1S/C25H24N2O4/c1-18(19-9-11-20(12-10-19)27-15-5-6-16-27)26-25(28)24-14-13-21(31-24)17-30-23-8-4-3-7-22(23)29-2/h3-16,18H,17H2,1-2H3,(H,26,28). The van der Waals surface area contributed by atoms with Crippen LogP contribution >= 0.6 is 0 Å². The van der Waals surface area contributed by atoms with Crippen LogP contribution in [0, 0.1) is 0 Å². The molecule has 1 N–H and O–H groups in total. The average Bonchev–Trinajstić information content (AvgIpc) is 3.50. The second kappa shape index (κ2) is 9.26. The first-order chi connectivity index (χ1) is 15.1. The van der Waals surface area contributed by atoms with Crippen LogP contribution < -0.4 is 14.8 Å². The van der Waals surface area contributed by atoms with Gasteiger partial charge in [-0.3, -0.25) is 4.79 Å². The summed E-state index contributed by atoms with van der Waals surface area (Å²) in [4.78, 5) is 12.6. The number of rotatable bonds is 8. The maximum atomic E-state index is 12.6. The lowest BCUT2D eigenvalue weighted by molar-refractivity contribution is 0.0907. The molecule has 2 aromatic heterocycles. The molecule has 0 aliphatic heterocycles. The van der Waals surface area contributed by atoms with E-state index < -0.39 is 0 Å². The van der Waals surface area contributed by atoms with Gasteiger partial charge in [0, 0.05) is 18.1 Å². The number of aromatic nitrogens is 1. The minimum Gasteiger partial charge on any atom is -0.493 e. The van der Waals surface area contributed by atoms with Gasteiger partial charge in [-0.25, -0.2) is 0 Å². The quantitative estimate of drug-likeness (QED) is 0.431. The largest absolute Gasteiger partial charge is 0.493 e. The van der Waals surface area contributed by atoms with Crippen molar-refractivity contribution in [2.75, 3.05) is 7.11 Å². The van der Waals surface area contributed by atoms with Crippen LogP contribution in [-0.4, -0.2) is 17.6 Å². The normalized spacial score (nSPS) is 11.7. The Hall–Kier alpha value is -3.93. The monoisotopic (exact) mass is 416 g/mol. The molecule has 4 rings (SSSR count). The third-order valence-electron chi connectivity index (χ3n) is 4.97. The number of nitrogens with zero attached hydrogens (tertiary/aromatic N) is 1. The van der Waals surface area contributed by atoms with Crippen molar-refractivity contribution in [3.8, 4) is 17.2 Å². The van der Waals surface area contributed by atoms with Gasteiger partial charge in [-0.15, -0.1) is 0 Å². The van der Waals surface area contributed by atoms with Crippen LogP contribution in [0.2, 0.25) is 0 Å². The fourth-order valence-corrected chi connectivity index (χ4v) is 3.26. The fraction of sp³-hybridized carbons (Fsp3) is 0.160. The SMILES string of the molecule is COc1ccccc1OCc1ccc(C(=O)NC(C)c2ccc(-n3cccc3)cc2)o1. The van der Waals surface area contributed by atoms with Crippen LogP contribution in [0.5, 0.6) is 11.5 Å². The second-order valence-corrected chi connectivity index (χ2v) is 7.08. The topological polar surface area (TPSA) is 65.6 Å². The molecule has 6 heteroatoms. The predicted octanol–water partition coefficient (Wildman–Crippen LogP) is 5.15. The van der Waals surface area contributed by atoms with Gasteiger partial charge in [0.15, 0.2) is 17.3 Å². The summed E-state index contributed by atoms with van der Waals surface area (Å²) in [6, 6.07) is 22.6. The Kier molecular flexibility index (Phi) is 6.08. The summed E-state index contributed by atoms with van der Waals surface area (Å²) in [5.41, 5.74) is 2.08. The summed E-state index contributed by atoms with van der Waals surface area (Å²) in [5, 5.41) is 2.97. The molecule has 2 heterocycles. The molecular formula is C25H24N2O4. The number of benzene rings is 2. The molecule has 0 aliphatic carbocycles. The van der Waals surface area contributed by atoms with E-state index in [2.05, 4.69) is 5.32 Å². The number of carbonyl (C=O) groups is 1. The van der Waals surface area contributed by atoms with E-state index in [9.17, 15) is 4.79 Å². The van der Waals surface area contributed by atoms with E-state index in [0.717, 1.165) is 11.3 Å². The zero-order valence-corrected chi connectivity index (χ0v) is 17.4. The molecule has 31 heavy (non-hydrogen) atoms. The van der Waals surface area contributed by atoms with Gasteiger partial charge in [0.2, 0.25) is 0 Å². The van der Waals surface area contributed by atoms with Crippen molar-refractivity contribution in [3.05, 3.63) is 102 Å². The number of amides is 1. The van der Waals surface area contributed by atoms with E-state index in [-0.39, 0.29) is 24.3 Å². The number of furan rings is 1. The predicted molar refractivity (Wildman–Crippen MR) is 118 cm³/mol. The third kappa shape index (κ3) is 4.80. The van der Waals surface area contributed by atoms with Crippen molar-refractivity contribution in [2.24, 2.45) is 0 Å². The minimum absolute atomic E-state index is 0.162. The van der Waals surface area contributed by atoms with Gasteiger partial charge in [-0.1, -0.05) is 24.3 Å². The maximum Gasteiger partial charge on any atom is 0.287 e. The Balaban J connectivity index is 1.35. The van der Waals surface area contributed by atoms with Gasteiger partial charge in [-0.2, -0.15) is 0 Å². The maximum absolute atomic E-state index is 12.6. The number of para-hydroxylation sites is 2. The van der Waals surface area contributed by atoms with Crippen molar-refractivity contribution >= 4 is 5.91 Å². The lowest BCUT2D eigenvalue weighted by Gasteiger charge is -2.14. The lowest BCUT2D eigenvalue weighted by atomic mass is 10.1. The van der Waals surface area contributed by atoms with Crippen LogP contribution in [0.15, 0.2) is 89.6 Å². The van der Waals surface area contributed by atoms with E-state index in [0.29, 0.717) is 17.3 Å². The van der Waals surface area contributed by atoms with Crippen molar-refractivity contribution in [1.29, 1.82) is 0 Å². The summed E-state index contributed by atoms with van der Waals surface area (Å²) in [5.74, 6) is 1.78. The highest BCUT2D eigenvalue weighted by molar-refractivity contribution is 5.91. The summed E-state index contributed by atoms with van der Waals surface area (Å²) in [6.07, 6.45) is 3.98. The summed E-state index contributed by atoms with van der Waals surface area (Å²) in [7, 11) is 1.59. The average molecular weight is 416 g/mol. The molecule has 4 aromatic rings. The van der Waals surface area contributed by atoms with Crippen molar-refractivity contribution in [2.45, 2.75) is 19.6 Å². The highest BCUT2D eigenvalue weighted by Crippen LogP contribution is 2.27. The van der Waals surface area contributed by atoms with Crippen LogP contribution in [0.25, 0.3) is 5.69 Å². The molecule has 158 valence electrons. The zero-order valence-electron chi connectivity index (χ0n) is 17.4. The molecule has 2 aromatic carbocycles. The van der Waals surface area contributed by atoms with Gasteiger partial charge >= 0.3 is 0 Å². The summed E-state index contributed by atoms with van der Waals surface area (Å²) in [6.45, 7) is 2.14. The second-order valence-electron chi connectivity index (χ2n) is 7.08. The lowest BCUT2D eigenvalue weighted by Crippen LogP contribution is -2.26. The number of nitrogens with one attached hydrogen (secondary N) is 1. The van der Waals surface area contributed by atoms with Gasteiger partial charge < -0.3 is 23.8 Å². The minimum atomic E-state index is -0.273. The number of carbonyl (C=O) groups excluding carboxylic acids is 1. The van der Waals surface area contributed by atoms with Crippen molar-refractivity contribution in [1.82, 2.24) is 9.88 Å². The number of ether oxygens (including phenoxy) is 2. The zero-order chi connectivity index (χ0) is 21.6. The molecule has 1 amide bonds. The van der Waals surface area contributed by atoms with Crippen molar-refractivity contribution in [3.63, 3.8) is 0 Å². The van der Waals surface area contributed by atoms with Gasteiger partial charge in [0.05, 0.1) is 13.2 Å². The highest BCUT2D eigenvalue weighted by atomic mass is 16.5. The number of hydrogen-bond donors (Lipinski definition) is 1. The third-order valence-corrected chi connectivity index (χ3v) is 4.97. The van der Waals surface area contributed by atoms with E-state index in [1.807, 2.05) is 84.5 Å². The summed E-state index contributed by atoms with van der Waals surface area (Å²) < 4.78 is 18.7. The number of methoxy groups -OCH3 is 1. The first-order valence-corrected chi connectivity index (χ1v) is 10.0. The van der Waals surface area contributed by atoms with Crippen LogP contribution in [-0.2, 0) is 6.61 Å². The smallest absolute Gasteiger partial charge is 0.287 e. The van der Waals surface area contributed by atoms with Crippen LogP contribution in [0.1, 0.15) is 34.8 Å². The first-order valence-electron chi connectivity index (χ1n) is 10.0. The van der Waals surface area contributed by atoms with Crippen LogP contribution in [0.4, 0.5) is 0 Å².